The topological polar surface area (TPSA) is 146 Å². The molecule has 1 aliphatic rings. The third-order valence-corrected chi connectivity index (χ3v) is 12.8. The average molecular weight is 867 g/mol. The molecule has 10 heteroatoms. The van der Waals surface area contributed by atoms with Gasteiger partial charge < -0.3 is 31.1 Å². The lowest BCUT2D eigenvalue weighted by molar-refractivity contribution is -0.137. The van der Waals surface area contributed by atoms with Gasteiger partial charge in [-0.25, -0.2) is 0 Å². The molecule has 0 bridgehead atoms. The summed E-state index contributed by atoms with van der Waals surface area (Å²) >= 11 is 0. The molecule has 10 nitrogen and oxygen atoms in total. The van der Waals surface area contributed by atoms with E-state index in [9.17, 15) is 30.0 Å². The molecule has 0 aromatic rings. The van der Waals surface area contributed by atoms with Crippen LogP contribution in [0.15, 0.2) is 0 Å². The van der Waals surface area contributed by atoms with Gasteiger partial charge in [0.25, 0.3) is 0 Å². The van der Waals surface area contributed by atoms with Gasteiger partial charge in [-0.1, -0.05) is 175 Å². The second-order valence-corrected chi connectivity index (χ2v) is 19.2. The Bertz CT molecular complexity index is 976. The normalized spacial score (nSPS) is 17.8. The van der Waals surface area contributed by atoms with E-state index < -0.39 is 36.5 Å². The number of rotatable bonds is 45. The van der Waals surface area contributed by atoms with Crippen molar-refractivity contribution in [2.24, 2.45) is 0 Å². The van der Waals surface area contributed by atoms with Crippen LogP contribution in [0.25, 0.3) is 0 Å². The van der Waals surface area contributed by atoms with Crippen LogP contribution < -0.4 is 10.6 Å². The maximum atomic E-state index is 13.1. The van der Waals surface area contributed by atoms with Crippen LogP contribution in [0, 0.1) is 0 Å². The monoisotopic (exact) mass is 867 g/mol. The Hall–Kier alpha value is -1.30. The zero-order valence-corrected chi connectivity index (χ0v) is 40.5. The highest BCUT2D eigenvalue weighted by molar-refractivity contribution is 5.96. The Morgan fingerprint density at radius 1 is 0.410 bits per heavy atom. The lowest BCUT2D eigenvalue weighted by Crippen LogP contribution is -2.61. The van der Waals surface area contributed by atoms with Crippen LogP contribution in [0.2, 0.25) is 0 Å². The van der Waals surface area contributed by atoms with Gasteiger partial charge >= 0.3 is 0 Å². The Morgan fingerprint density at radius 2 is 0.689 bits per heavy atom. The molecule has 0 aliphatic carbocycles. The predicted molar refractivity (Wildman–Crippen MR) is 256 cm³/mol. The molecule has 0 spiro atoms. The van der Waals surface area contributed by atoms with Crippen LogP contribution in [0.4, 0.5) is 0 Å². The minimum atomic E-state index is -0.540. The first-order valence-corrected chi connectivity index (χ1v) is 26.4. The smallest absolute Gasteiger partial charge is 0.243 e. The van der Waals surface area contributed by atoms with Crippen molar-refractivity contribution >= 4 is 11.8 Å². The Kier molecular flexibility index (Phi) is 38.1. The van der Waals surface area contributed by atoms with Crippen LogP contribution in [0.1, 0.15) is 240 Å². The van der Waals surface area contributed by atoms with Crippen LogP contribution in [0.5, 0.6) is 0 Å². The van der Waals surface area contributed by atoms with Gasteiger partial charge in [0.05, 0.1) is 24.4 Å². The van der Waals surface area contributed by atoms with Crippen LogP contribution in [-0.2, 0) is 9.59 Å². The third-order valence-electron chi connectivity index (χ3n) is 12.8. The van der Waals surface area contributed by atoms with E-state index in [1.165, 1.54) is 116 Å². The second-order valence-electron chi connectivity index (χ2n) is 19.2. The number of hydrogen-bond donors (Lipinski definition) is 6. The number of nitrogens with zero attached hydrogens (tertiary/aromatic N) is 2. The summed E-state index contributed by atoms with van der Waals surface area (Å²) in [6.45, 7) is 12.2. The third kappa shape index (κ3) is 33.8. The van der Waals surface area contributed by atoms with Crippen molar-refractivity contribution < 1.29 is 30.0 Å². The number of amides is 2. The zero-order valence-electron chi connectivity index (χ0n) is 40.5. The SMILES string of the molecule is CCCCCCCCCC[C@@H](O)CN(CCCCC1NC(=O)C(CCCCN(C[C@@H](O)CCCCCCCCCC)C[C@H](C)O)NC1=O)C[C@H](O)CCCCCCCCCC. The summed E-state index contributed by atoms with van der Waals surface area (Å²) < 4.78 is 0. The first-order valence-electron chi connectivity index (χ1n) is 26.4. The summed E-state index contributed by atoms with van der Waals surface area (Å²) in [7, 11) is 0. The molecule has 0 radical (unpaired) electrons. The summed E-state index contributed by atoms with van der Waals surface area (Å²) in [4.78, 5) is 30.5. The highest BCUT2D eigenvalue weighted by Gasteiger charge is 2.33. The minimum Gasteiger partial charge on any atom is -0.392 e. The molecule has 61 heavy (non-hydrogen) atoms. The van der Waals surface area contributed by atoms with Crippen molar-refractivity contribution in [2.45, 2.75) is 276 Å². The summed E-state index contributed by atoms with van der Waals surface area (Å²) in [5.74, 6) is -0.246. The molecular weight excluding hydrogens is 765 g/mol. The van der Waals surface area contributed by atoms with Gasteiger partial charge in [-0.15, -0.1) is 0 Å². The van der Waals surface area contributed by atoms with Crippen molar-refractivity contribution in [1.82, 2.24) is 20.4 Å². The van der Waals surface area contributed by atoms with Gasteiger partial charge in [0.1, 0.15) is 12.1 Å². The number of aliphatic hydroxyl groups is 4. The number of carbonyl (C=O) groups is 2. The summed E-state index contributed by atoms with van der Waals surface area (Å²) in [6, 6.07) is -1.08. The Balaban J connectivity index is 2.47. The molecule has 2 unspecified atom stereocenters. The van der Waals surface area contributed by atoms with E-state index in [-0.39, 0.29) is 11.8 Å². The fourth-order valence-corrected chi connectivity index (χ4v) is 9.05. The Labute approximate surface area is 376 Å². The highest BCUT2D eigenvalue weighted by Crippen LogP contribution is 2.17. The molecule has 2 amide bonds. The predicted octanol–water partition coefficient (Wildman–Crippen LogP) is 9.97. The molecule has 362 valence electrons. The molecule has 0 aromatic carbocycles. The maximum Gasteiger partial charge on any atom is 0.243 e. The summed E-state index contributed by atoms with van der Waals surface area (Å²) in [5.41, 5.74) is 0. The molecule has 6 atom stereocenters. The van der Waals surface area contributed by atoms with Crippen molar-refractivity contribution in [3.63, 3.8) is 0 Å². The van der Waals surface area contributed by atoms with Crippen molar-refractivity contribution in [3.8, 4) is 0 Å². The van der Waals surface area contributed by atoms with E-state index in [0.29, 0.717) is 39.0 Å². The van der Waals surface area contributed by atoms with E-state index in [1.807, 2.05) is 0 Å². The van der Waals surface area contributed by atoms with E-state index in [4.69, 9.17) is 0 Å². The van der Waals surface area contributed by atoms with Crippen LogP contribution >= 0.6 is 0 Å². The van der Waals surface area contributed by atoms with E-state index in [1.54, 1.807) is 6.92 Å². The standard InChI is InChI=1S/C51H102N4O6/c1-5-8-11-14-17-20-23-26-33-45(57)41-54(40-44(4)56)38-31-29-36-48-50(60)53-49(51(61)52-48)37-30-32-39-55(42-46(58)34-27-24-21-18-15-12-9-6-2)43-47(59)35-28-25-22-19-16-13-10-7-3/h44-49,56-59H,5-43H2,1-4H3,(H,52,61)(H,53,60)/t44-,45-,46+,47+,48?,49?/m0/s1. The number of hydrogen-bond acceptors (Lipinski definition) is 8. The second kappa shape index (κ2) is 40.2. The number of unbranched alkanes of at least 4 members (excludes halogenated alkanes) is 23. The number of carbonyl (C=O) groups excluding carboxylic acids is 2. The van der Waals surface area contributed by atoms with Gasteiger partial charge in [-0.05, 0) is 77.8 Å². The molecule has 0 aromatic heterocycles. The first-order chi connectivity index (χ1) is 29.6. The van der Waals surface area contributed by atoms with Crippen molar-refractivity contribution in [1.29, 1.82) is 0 Å². The zero-order chi connectivity index (χ0) is 44.8. The lowest BCUT2D eigenvalue weighted by Gasteiger charge is -2.31. The largest absolute Gasteiger partial charge is 0.392 e. The molecule has 1 aliphatic heterocycles. The molecule has 1 fully saturated rings. The van der Waals surface area contributed by atoms with Gasteiger partial charge in [-0.3, -0.25) is 19.4 Å². The fraction of sp³-hybridized carbons (Fsp3) is 0.961. The molecular formula is C51H102N4O6. The van der Waals surface area contributed by atoms with Crippen LogP contribution in [0.3, 0.4) is 0 Å². The van der Waals surface area contributed by atoms with Crippen LogP contribution in [-0.4, -0.2) is 118 Å². The molecule has 0 saturated carbocycles. The molecule has 6 N–H and O–H groups in total. The average Bonchev–Trinajstić information content (AvgIpc) is 3.22. The summed E-state index contributed by atoms with van der Waals surface area (Å²) in [6.07, 6.45) is 34.7. The van der Waals surface area contributed by atoms with Gasteiger partial charge in [0, 0.05) is 26.2 Å². The fourth-order valence-electron chi connectivity index (χ4n) is 9.05. The quantitative estimate of drug-likeness (QED) is 0.0332. The lowest BCUT2D eigenvalue weighted by atomic mass is 10.0. The van der Waals surface area contributed by atoms with Crippen molar-refractivity contribution in [3.05, 3.63) is 0 Å². The van der Waals surface area contributed by atoms with E-state index in [0.717, 1.165) is 96.6 Å². The molecule has 1 saturated heterocycles. The molecule has 1 rings (SSSR count). The number of piperazine rings is 1. The number of nitrogens with one attached hydrogen (secondary N) is 2. The molecule has 1 heterocycles. The number of aliphatic hydroxyl groups excluding tert-OH is 4. The highest BCUT2D eigenvalue weighted by atomic mass is 16.3. The van der Waals surface area contributed by atoms with Crippen molar-refractivity contribution in [2.75, 3.05) is 39.3 Å². The van der Waals surface area contributed by atoms with Gasteiger partial charge in [-0.2, -0.15) is 0 Å². The van der Waals surface area contributed by atoms with E-state index >= 15 is 0 Å². The Morgan fingerprint density at radius 3 is 0.984 bits per heavy atom. The van der Waals surface area contributed by atoms with Gasteiger partial charge in [0.2, 0.25) is 11.8 Å². The van der Waals surface area contributed by atoms with E-state index in [2.05, 4.69) is 41.2 Å². The summed E-state index contributed by atoms with van der Waals surface area (Å²) in [5, 5.41) is 48.7. The van der Waals surface area contributed by atoms with Gasteiger partial charge in [0.15, 0.2) is 0 Å². The first kappa shape index (κ1) is 57.7. The minimum absolute atomic E-state index is 0.122. The maximum absolute atomic E-state index is 13.1.